The molecule has 1 N–H and O–H groups in total. The quantitative estimate of drug-likeness (QED) is 0.183. The number of carbonyl (C=O) groups excluding carboxylic acids is 1. The van der Waals surface area contributed by atoms with Crippen LogP contribution in [-0.2, 0) is 9.53 Å². The lowest BCUT2D eigenvalue weighted by Crippen LogP contribution is -2.51. The summed E-state index contributed by atoms with van der Waals surface area (Å²) in [5.74, 6) is -0.190. The Kier molecular flexibility index (Phi) is 11.7. The van der Waals surface area contributed by atoms with Crippen LogP contribution >= 0.6 is 0 Å². The summed E-state index contributed by atoms with van der Waals surface area (Å²) in [5, 5.41) is 6.77. The fourth-order valence-corrected chi connectivity index (χ4v) is 2.19. The Hall–Kier alpha value is -1.26. The lowest BCUT2D eigenvalue weighted by atomic mass is 9.93. The second-order valence-corrected chi connectivity index (χ2v) is 5.45. The van der Waals surface area contributed by atoms with E-state index in [-0.39, 0.29) is 5.97 Å². The maximum absolute atomic E-state index is 12.1. The van der Waals surface area contributed by atoms with Crippen LogP contribution in [0.15, 0.2) is 5.11 Å². The molecule has 0 aliphatic carbocycles. The van der Waals surface area contributed by atoms with Gasteiger partial charge in [-0.1, -0.05) is 44.1 Å². The van der Waals surface area contributed by atoms with Crippen LogP contribution in [0.2, 0.25) is 0 Å². The van der Waals surface area contributed by atoms with E-state index in [1.807, 2.05) is 13.8 Å². The van der Waals surface area contributed by atoms with E-state index in [0.29, 0.717) is 19.7 Å². The zero-order chi connectivity index (χ0) is 16.0. The number of ether oxygens (including phenoxy) is 1. The first kappa shape index (κ1) is 19.7. The summed E-state index contributed by atoms with van der Waals surface area (Å²) in [6, 6.07) is 0. The highest BCUT2D eigenvalue weighted by atomic mass is 16.5. The Balaban J connectivity index is 4.26. The van der Waals surface area contributed by atoms with E-state index in [1.54, 1.807) is 0 Å². The fraction of sp³-hybridized carbons (Fsp3) is 0.933. The van der Waals surface area contributed by atoms with Crippen molar-refractivity contribution in [3.05, 3.63) is 10.4 Å². The number of azide groups is 1. The molecule has 122 valence electrons. The summed E-state index contributed by atoms with van der Waals surface area (Å²) in [6.07, 6.45) is 7.32. The van der Waals surface area contributed by atoms with Gasteiger partial charge in [0, 0.05) is 11.5 Å². The third-order valence-corrected chi connectivity index (χ3v) is 3.52. The minimum atomic E-state index is -0.640. The van der Waals surface area contributed by atoms with E-state index in [4.69, 9.17) is 10.3 Å². The van der Waals surface area contributed by atoms with Crippen molar-refractivity contribution >= 4 is 5.97 Å². The van der Waals surface area contributed by atoms with Crippen LogP contribution in [0.25, 0.3) is 10.4 Å². The maximum Gasteiger partial charge on any atom is 0.326 e. The molecule has 6 nitrogen and oxygen atoms in total. The standard InChI is InChI=1S/C15H30N4O2/c1-4-6-7-8-9-11-15(3,14(20)21-5-2)17-12-10-13-18-19-16/h17H,4-13H2,1-3H3. The predicted octanol–water partition coefficient (Wildman–Crippen LogP) is 3.96. The molecule has 0 spiro atoms. The highest BCUT2D eigenvalue weighted by molar-refractivity contribution is 5.80. The molecule has 21 heavy (non-hydrogen) atoms. The molecule has 0 fully saturated rings. The molecule has 0 saturated heterocycles. The van der Waals surface area contributed by atoms with Gasteiger partial charge in [0.15, 0.2) is 0 Å². The number of unbranched alkanes of at least 4 members (excludes halogenated alkanes) is 4. The summed E-state index contributed by atoms with van der Waals surface area (Å²) >= 11 is 0. The average Bonchev–Trinajstić information content (AvgIpc) is 2.47. The van der Waals surface area contributed by atoms with E-state index < -0.39 is 5.54 Å². The van der Waals surface area contributed by atoms with E-state index in [9.17, 15) is 4.79 Å². The number of esters is 1. The van der Waals surface area contributed by atoms with Gasteiger partial charge in [-0.3, -0.25) is 4.79 Å². The molecule has 0 aromatic carbocycles. The van der Waals surface area contributed by atoms with Gasteiger partial charge in [-0.25, -0.2) is 0 Å². The van der Waals surface area contributed by atoms with Crippen molar-refractivity contribution in [1.82, 2.24) is 5.32 Å². The first-order valence-electron chi connectivity index (χ1n) is 8.03. The number of nitrogens with one attached hydrogen (secondary N) is 1. The van der Waals surface area contributed by atoms with Crippen LogP contribution < -0.4 is 5.32 Å². The summed E-state index contributed by atoms with van der Waals surface area (Å²) in [7, 11) is 0. The highest BCUT2D eigenvalue weighted by Gasteiger charge is 2.33. The fourth-order valence-electron chi connectivity index (χ4n) is 2.19. The van der Waals surface area contributed by atoms with Crippen LogP contribution in [0.4, 0.5) is 0 Å². The van der Waals surface area contributed by atoms with Gasteiger partial charge < -0.3 is 10.1 Å². The molecule has 0 aromatic heterocycles. The number of rotatable bonds is 13. The zero-order valence-electron chi connectivity index (χ0n) is 13.7. The Labute approximate surface area is 128 Å². The van der Waals surface area contributed by atoms with Gasteiger partial charge in [-0.05, 0) is 38.8 Å². The molecule has 0 saturated carbocycles. The molecule has 0 rings (SSSR count). The smallest absolute Gasteiger partial charge is 0.326 e. The number of carbonyl (C=O) groups is 1. The lowest BCUT2D eigenvalue weighted by molar-refractivity contribution is -0.150. The van der Waals surface area contributed by atoms with Crippen LogP contribution in [0.5, 0.6) is 0 Å². The van der Waals surface area contributed by atoms with Crippen LogP contribution in [0.1, 0.15) is 65.7 Å². The van der Waals surface area contributed by atoms with Crippen LogP contribution in [0.3, 0.4) is 0 Å². The molecule has 0 aliphatic heterocycles. The van der Waals surface area contributed by atoms with E-state index in [0.717, 1.165) is 25.7 Å². The van der Waals surface area contributed by atoms with Gasteiger partial charge in [-0.15, -0.1) is 0 Å². The van der Waals surface area contributed by atoms with Gasteiger partial charge in [0.05, 0.1) is 6.61 Å². The Bertz CT molecular complexity index is 330. The first-order chi connectivity index (χ1) is 10.1. The average molecular weight is 298 g/mol. The maximum atomic E-state index is 12.1. The summed E-state index contributed by atoms with van der Waals surface area (Å²) in [4.78, 5) is 14.9. The molecule has 0 bridgehead atoms. The molecule has 6 heteroatoms. The molecule has 1 unspecified atom stereocenters. The normalized spacial score (nSPS) is 13.3. The predicted molar refractivity (Wildman–Crippen MR) is 85.0 cm³/mol. The topological polar surface area (TPSA) is 87.1 Å². The van der Waals surface area contributed by atoms with Crippen molar-refractivity contribution in [3.8, 4) is 0 Å². The zero-order valence-corrected chi connectivity index (χ0v) is 13.7. The molecule has 0 amide bonds. The minimum absolute atomic E-state index is 0.190. The summed E-state index contributed by atoms with van der Waals surface area (Å²) < 4.78 is 5.18. The number of nitrogens with zero attached hydrogens (tertiary/aromatic N) is 3. The summed E-state index contributed by atoms with van der Waals surface area (Å²) in [5.41, 5.74) is 7.59. The second-order valence-electron chi connectivity index (χ2n) is 5.45. The van der Waals surface area contributed by atoms with Crippen molar-refractivity contribution in [3.63, 3.8) is 0 Å². The van der Waals surface area contributed by atoms with Gasteiger partial charge >= 0.3 is 5.97 Å². The third kappa shape index (κ3) is 9.32. The SMILES string of the molecule is CCCCCCCC(C)(NCCCN=[N+]=[N-])C(=O)OCC. The highest BCUT2D eigenvalue weighted by Crippen LogP contribution is 2.18. The monoisotopic (exact) mass is 298 g/mol. The first-order valence-corrected chi connectivity index (χ1v) is 8.03. The van der Waals surface area contributed by atoms with E-state index >= 15 is 0 Å². The second kappa shape index (κ2) is 12.5. The minimum Gasteiger partial charge on any atom is -0.465 e. The van der Waals surface area contributed by atoms with E-state index in [1.165, 1.54) is 19.3 Å². The van der Waals surface area contributed by atoms with Crippen molar-refractivity contribution in [2.75, 3.05) is 19.7 Å². The summed E-state index contributed by atoms with van der Waals surface area (Å²) in [6.45, 7) is 7.39. The molecule has 0 radical (unpaired) electrons. The van der Waals surface area contributed by atoms with Crippen LogP contribution in [0, 0.1) is 0 Å². The molecule has 0 aliphatic rings. The number of hydrogen-bond acceptors (Lipinski definition) is 4. The van der Waals surface area contributed by atoms with Crippen molar-refractivity contribution in [2.24, 2.45) is 5.11 Å². The molecule has 0 heterocycles. The number of hydrogen-bond donors (Lipinski definition) is 1. The van der Waals surface area contributed by atoms with Gasteiger partial charge in [0.2, 0.25) is 0 Å². The van der Waals surface area contributed by atoms with Crippen molar-refractivity contribution in [1.29, 1.82) is 0 Å². The van der Waals surface area contributed by atoms with Crippen molar-refractivity contribution in [2.45, 2.75) is 71.3 Å². The Morgan fingerprint density at radius 2 is 1.95 bits per heavy atom. The molecule has 0 aromatic rings. The molecular weight excluding hydrogens is 268 g/mol. The van der Waals surface area contributed by atoms with Gasteiger partial charge in [-0.2, -0.15) is 0 Å². The lowest BCUT2D eigenvalue weighted by Gasteiger charge is -2.28. The van der Waals surface area contributed by atoms with Gasteiger partial charge in [0.1, 0.15) is 5.54 Å². The molecule has 1 atom stereocenters. The van der Waals surface area contributed by atoms with Gasteiger partial charge in [0.25, 0.3) is 0 Å². The van der Waals surface area contributed by atoms with Crippen LogP contribution in [-0.4, -0.2) is 31.2 Å². The Morgan fingerprint density at radius 3 is 2.57 bits per heavy atom. The molecular formula is C15H30N4O2. The van der Waals surface area contributed by atoms with Crippen molar-refractivity contribution < 1.29 is 9.53 Å². The largest absolute Gasteiger partial charge is 0.465 e. The third-order valence-electron chi connectivity index (χ3n) is 3.52. The Morgan fingerprint density at radius 1 is 1.24 bits per heavy atom. The van der Waals surface area contributed by atoms with E-state index in [2.05, 4.69) is 22.3 Å².